The average Bonchev–Trinajstić information content (AvgIpc) is 1.98. The van der Waals surface area contributed by atoms with E-state index >= 15 is 0 Å². The van der Waals surface area contributed by atoms with Gasteiger partial charge >= 0.3 is 12.3 Å². The van der Waals surface area contributed by atoms with E-state index in [1.54, 1.807) is 5.32 Å². The summed E-state index contributed by atoms with van der Waals surface area (Å²) in [6.07, 6.45) is -4.01. The molecule has 0 aliphatic carbocycles. The van der Waals surface area contributed by atoms with Crippen molar-refractivity contribution in [2.45, 2.75) is 31.7 Å². The first kappa shape index (κ1) is 13.2. The molecule has 0 bridgehead atoms. The van der Waals surface area contributed by atoms with Crippen LogP contribution < -0.4 is 11.1 Å². The molecule has 0 aromatic heterocycles. The lowest BCUT2D eigenvalue weighted by atomic mass is 10.1. The SMILES string of the molecule is CC(C)(N)CNC(=O)C(F)(F)C(F)F. The maximum Gasteiger partial charge on any atom is 0.383 e. The van der Waals surface area contributed by atoms with Crippen molar-refractivity contribution in [2.24, 2.45) is 5.73 Å². The third-order valence-corrected chi connectivity index (χ3v) is 1.28. The Balaban J connectivity index is 4.23. The molecule has 3 nitrogen and oxygen atoms in total. The van der Waals surface area contributed by atoms with E-state index in [9.17, 15) is 22.4 Å². The van der Waals surface area contributed by atoms with E-state index in [2.05, 4.69) is 0 Å². The van der Waals surface area contributed by atoms with Crippen LogP contribution in [0.3, 0.4) is 0 Å². The van der Waals surface area contributed by atoms with Crippen LogP contribution >= 0.6 is 0 Å². The highest BCUT2D eigenvalue weighted by atomic mass is 19.3. The molecular formula is C7H12F4N2O. The first-order chi connectivity index (χ1) is 6.07. The van der Waals surface area contributed by atoms with Gasteiger partial charge in [0.25, 0.3) is 5.91 Å². The molecule has 0 aromatic carbocycles. The van der Waals surface area contributed by atoms with Crippen LogP contribution in [-0.2, 0) is 4.79 Å². The molecule has 0 saturated carbocycles. The third kappa shape index (κ3) is 3.91. The summed E-state index contributed by atoms with van der Waals surface area (Å²) in [6.45, 7) is 2.63. The number of alkyl halides is 4. The van der Waals surface area contributed by atoms with Gasteiger partial charge in [-0.05, 0) is 13.8 Å². The summed E-state index contributed by atoms with van der Waals surface area (Å²) >= 11 is 0. The maximum absolute atomic E-state index is 12.3. The second kappa shape index (κ2) is 4.12. The molecule has 3 N–H and O–H groups in total. The molecular weight excluding hydrogens is 204 g/mol. The number of hydrogen-bond donors (Lipinski definition) is 2. The van der Waals surface area contributed by atoms with E-state index in [0.717, 1.165) is 0 Å². The number of rotatable bonds is 4. The average molecular weight is 216 g/mol. The highest BCUT2D eigenvalue weighted by Crippen LogP contribution is 2.22. The molecule has 0 unspecified atom stereocenters. The minimum absolute atomic E-state index is 0.297. The van der Waals surface area contributed by atoms with Crippen molar-refractivity contribution >= 4 is 5.91 Å². The summed E-state index contributed by atoms with van der Waals surface area (Å²) in [7, 11) is 0. The summed E-state index contributed by atoms with van der Waals surface area (Å²) in [6, 6.07) is 0. The van der Waals surface area contributed by atoms with E-state index in [0.29, 0.717) is 0 Å². The number of halogens is 4. The number of carbonyl (C=O) groups is 1. The number of nitrogens with two attached hydrogens (primary N) is 1. The first-order valence-electron chi connectivity index (χ1n) is 3.80. The highest BCUT2D eigenvalue weighted by molar-refractivity contribution is 5.83. The van der Waals surface area contributed by atoms with Crippen molar-refractivity contribution in [3.8, 4) is 0 Å². The van der Waals surface area contributed by atoms with Crippen molar-refractivity contribution in [3.05, 3.63) is 0 Å². The third-order valence-electron chi connectivity index (χ3n) is 1.28. The zero-order chi connectivity index (χ0) is 11.6. The van der Waals surface area contributed by atoms with Crippen LogP contribution in [-0.4, -0.2) is 30.3 Å². The number of amides is 1. The lowest BCUT2D eigenvalue weighted by Crippen LogP contribution is -2.51. The fraction of sp³-hybridized carbons (Fsp3) is 0.857. The second-order valence-corrected chi connectivity index (χ2v) is 3.59. The molecule has 84 valence electrons. The van der Waals surface area contributed by atoms with Crippen molar-refractivity contribution < 1.29 is 22.4 Å². The lowest BCUT2D eigenvalue weighted by Gasteiger charge is -2.21. The molecule has 0 saturated heterocycles. The number of carbonyl (C=O) groups excluding carboxylic acids is 1. The molecule has 0 aliphatic heterocycles. The van der Waals surface area contributed by atoms with Gasteiger partial charge in [-0.15, -0.1) is 0 Å². The molecule has 14 heavy (non-hydrogen) atoms. The van der Waals surface area contributed by atoms with Crippen molar-refractivity contribution in [1.29, 1.82) is 0 Å². The normalized spacial score (nSPS) is 13.1. The topological polar surface area (TPSA) is 55.1 Å². The van der Waals surface area contributed by atoms with E-state index in [-0.39, 0.29) is 6.54 Å². The van der Waals surface area contributed by atoms with Gasteiger partial charge in [-0.3, -0.25) is 4.79 Å². The van der Waals surface area contributed by atoms with Crippen LogP contribution in [0.5, 0.6) is 0 Å². The maximum atomic E-state index is 12.3. The zero-order valence-corrected chi connectivity index (χ0v) is 7.78. The lowest BCUT2D eigenvalue weighted by molar-refractivity contribution is -0.169. The molecule has 0 aliphatic rings. The van der Waals surface area contributed by atoms with Crippen molar-refractivity contribution in [1.82, 2.24) is 5.32 Å². The molecule has 0 radical (unpaired) electrons. The quantitative estimate of drug-likeness (QED) is 0.681. The second-order valence-electron chi connectivity index (χ2n) is 3.59. The summed E-state index contributed by atoms with van der Waals surface area (Å²) in [4.78, 5) is 10.6. The Morgan fingerprint density at radius 2 is 1.86 bits per heavy atom. The largest absolute Gasteiger partial charge is 0.383 e. The molecule has 7 heteroatoms. The van der Waals surface area contributed by atoms with Gasteiger partial charge in [-0.1, -0.05) is 0 Å². The molecule has 0 heterocycles. The summed E-state index contributed by atoms with van der Waals surface area (Å²) in [5.41, 5.74) is 4.43. The molecule has 0 atom stereocenters. The van der Waals surface area contributed by atoms with Crippen molar-refractivity contribution in [3.63, 3.8) is 0 Å². The molecule has 0 fully saturated rings. The van der Waals surface area contributed by atoms with E-state index < -0.39 is 23.8 Å². The van der Waals surface area contributed by atoms with Crippen LogP contribution in [0.25, 0.3) is 0 Å². The summed E-state index contributed by atoms with van der Waals surface area (Å²) in [5.74, 6) is -6.67. The highest BCUT2D eigenvalue weighted by Gasteiger charge is 2.48. The van der Waals surface area contributed by atoms with Gasteiger partial charge in [0.15, 0.2) is 0 Å². The summed E-state index contributed by atoms with van der Waals surface area (Å²) in [5, 5.41) is 1.65. The van der Waals surface area contributed by atoms with Crippen LogP contribution in [0.2, 0.25) is 0 Å². The Morgan fingerprint density at radius 3 is 2.14 bits per heavy atom. The number of hydrogen-bond acceptors (Lipinski definition) is 2. The monoisotopic (exact) mass is 216 g/mol. The van der Waals surface area contributed by atoms with E-state index in [1.165, 1.54) is 13.8 Å². The molecule has 1 amide bonds. The molecule has 0 spiro atoms. The van der Waals surface area contributed by atoms with Crippen LogP contribution in [0.1, 0.15) is 13.8 Å². The standard InChI is InChI=1S/C7H12F4N2O/c1-6(2,12)3-13-5(14)7(10,11)4(8)9/h4H,3,12H2,1-2H3,(H,13,14). The van der Waals surface area contributed by atoms with E-state index in [4.69, 9.17) is 5.73 Å². The van der Waals surface area contributed by atoms with Crippen LogP contribution in [0.15, 0.2) is 0 Å². The Labute approximate surface area is 78.6 Å². The predicted octanol–water partition coefficient (Wildman–Crippen LogP) is 0.740. The Hall–Kier alpha value is -0.850. The minimum atomic E-state index is -4.66. The van der Waals surface area contributed by atoms with Gasteiger partial charge in [0.1, 0.15) is 0 Å². The fourth-order valence-electron chi connectivity index (χ4n) is 0.525. The molecule has 0 rings (SSSR count). The molecule has 0 aromatic rings. The zero-order valence-electron chi connectivity index (χ0n) is 7.78. The minimum Gasteiger partial charge on any atom is -0.349 e. The van der Waals surface area contributed by atoms with Gasteiger partial charge in [0, 0.05) is 12.1 Å². The number of nitrogens with one attached hydrogen (secondary N) is 1. The van der Waals surface area contributed by atoms with Gasteiger partial charge in [0.05, 0.1) is 0 Å². The predicted molar refractivity (Wildman–Crippen MR) is 42.2 cm³/mol. The fourth-order valence-corrected chi connectivity index (χ4v) is 0.525. The van der Waals surface area contributed by atoms with E-state index in [1.807, 2.05) is 0 Å². The van der Waals surface area contributed by atoms with Gasteiger partial charge < -0.3 is 11.1 Å². The van der Waals surface area contributed by atoms with Gasteiger partial charge in [-0.2, -0.15) is 8.78 Å². The van der Waals surface area contributed by atoms with Gasteiger partial charge in [0.2, 0.25) is 0 Å². The van der Waals surface area contributed by atoms with Gasteiger partial charge in [-0.25, -0.2) is 8.78 Å². The smallest absolute Gasteiger partial charge is 0.349 e. The Bertz CT molecular complexity index is 212. The first-order valence-corrected chi connectivity index (χ1v) is 3.80. The Morgan fingerprint density at radius 1 is 1.43 bits per heavy atom. The summed E-state index contributed by atoms with van der Waals surface area (Å²) < 4.78 is 47.9. The Kier molecular flexibility index (Phi) is 3.87. The van der Waals surface area contributed by atoms with Crippen LogP contribution in [0.4, 0.5) is 17.6 Å². The van der Waals surface area contributed by atoms with Crippen LogP contribution in [0, 0.1) is 0 Å². The van der Waals surface area contributed by atoms with Crippen molar-refractivity contribution in [2.75, 3.05) is 6.54 Å².